The van der Waals surface area contributed by atoms with Gasteiger partial charge < -0.3 is 15.2 Å². The number of methoxy groups -OCH3 is 1. The predicted octanol–water partition coefficient (Wildman–Crippen LogP) is 2.03. The summed E-state index contributed by atoms with van der Waals surface area (Å²) in [4.78, 5) is 22.8. The summed E-state index contributed by atoms with van der Waals surface area (Å²) in [6, 6.07) is 6.39. The largest absolute Gasteiger partial charge is 0.496 e. The van der Waals surface area contributed by atoms with E-state index in [0.717, 1.165) is 5.56 Å². The van der Waals surface area contributed by atoms with Gasteiger partial charge in [0.2, 0.25) is 5.91 Å². The van der Waals surface area contributed by atoms with E-state index in [1.165, 1.54) is 6.08 Å². The van der Waals surface area contributed by atoms with Crippen molar-refractivity contribution in [3.05, 3.63) is 35.9 Å². The van der Waals surface area contributed by atoms with Crippen LogP contribution in [0.25, 0.3) is 6.08 Å². The zero-order chi connectivity index (χ0) is 15.7. The lowest BCUT2D eigenvalue weighted by Gasteiger charge is -2.12. The number of para-hydroxylation sites is 1. The molecule has 0 aliphatic carbocycles. The number of carbonyl (C=O) groups excluding carboxylic acids is 1. The molecule has 0 heterocycles. The first-order valence-electron chi connectivity index (χ1n) is 6.41. The van der Waals surface area contributed by atoms with Gasteiger partial charge in [0.05, 0.1) is 7.11 Å². The summed E-state index contributed by atoms with van der Waals surface area (Å²) in [7, 11) is 1.55. The molecule has 114 valence electrons. The maximum absolute atomic E-state index is 11.8. The summed E-state index contributed by atoms with van der Waals surface area (Å²) >= 11 is 1.54. The Balaban J connectivity index is 2.66. The summed E-state index contributed by atoms with van der Waals surface area (Å²) < 4.78 is 5.17. The standard InChI is InChI=1S/C15H19NO4S/c1-20-13-6-4-3-5-11(13)7-8-14(17)16-12(15(18)19)9-10-21-2/h3-8,12H,9-10H2,1-2H3,(H,16,17)(H,18,19)/b8-7+/t12-/m1/s1. The van der Waals surface area contributed by atoms with Crippen LogP contribution in [0.4, 0.5) is 0 Å². The third-order valence-corrected chi connectivity index (χ3v) is 3.42. The summed E-state index contributed by atoms with van der Waals surface area (Å²) in [5.74, 6) is -0.135. The first-order valence-corrected chi connectivity index (χ1v) is 7.81. The summed E-state index contributed by atoms with van der Waals surface area (Å²) in [6.07, 6.45) is 5.20. The number of nitrogens with one attached hydrogen (secondary N) is 1. The van der Waals surface area contributed by atoms with Gasteiger partial charge in [-0.05, 0) is 30.6 Å². The molecule has 21 heavy (non-hydrogen) atoms. The van der Waals surface area contributed by atoms with Crippen molar-refractivity contribution in [2.45, 2.75) is 12.5 Å². The van der Waals surface area contributed by atoms with Crippen LogP contribution >= 0.6 is 11.8 Å². The maximum atomic E-state index is 11.8. The lowest BCUT2D eigenvalue weighted by Crippen LogP contribution is -2.40. The zero-order valence-electron chi connectivity index (χ0n) is 12.0. The summed E-state index contributed by atoms with van der Waals surface area (Å²) in [5.41, 5.74) is 0.756. The number of ether oxygens (including phenoxy) is 1. The van der Waals surface area contributed by atoms with E-state index in [1.54, 1.807) is 31.0 Å². The number of carbonyl (C=O) groups is 2. The van der Waals surface area contributed by atoms with Crippen LogP contribution in [0.15, 0.2) is 30.3 Å². The molecular weight excluding hydrogens is 290 g/mol. The number of amides is 1. The van der Waals surface area contributed by atoms with E-state index in [9.17, 15) is 9.59 Å². The smallest absolute Gasteiger partial charge is 0.326 e. The van der Waals surface area contributed by atoms with E-state index < -0.39 is 17.9 Å². The molecule has 0 spiro atoms. The molecule has 0 unspecified atom stereocenters. The van der Waals surface area contributed by atoms with Crippen LogP contribution in [0.5, 0.6) is 5.75 Å². The Morgan fingerprint density at radius 1 is 1.43 bits per heavy atom. The molecule has 0 saturated carbocycles. The average Bonchev–Trinajstić information content (AvgIpc) is 2.49. The van der Waals surface area contributed by atoms with Crippen molar-refractivity contribution in [3.8, 4) is 5.75 Å². The van der Waals surface area contributed by atoms with Gasteiger partial charge in [0.25, 0.3) is 0 Å². The van der Waals surface area contributed by atoms with Crippen LogP contribution in [0.2, 0.25) is 0 Å². The second kappa shape index (κ2) is 9.07. The molecule has 0 aromatic heterocycles. The first-order chi connectivity index (χ1) is 10.1. The van der Waals surface area contributed by atoms with E-state index in [2.05, 4.69) is 5.32 Å². The average molecular weight is 309 g/mol. The van der Waals surface area contributed by atoms with Crippen molar-refractivity contribution in [2.75, 3.05) is 19.1 Å². The zero-order valence-corrected chi connectivity index (χ0v) is 12.9. The van der Waals surface area contributed by atoms with Gasteiger partial charge in [0.15, 0.2) is 0 Å². The van der Waals surface area contributed by atoms with Crippen LogP contribution < -0.4 is 10.1 Å². The highest BCUT2D eigenvalue weighted by Crippen LogP contribution is 2.18. The highest BCUT2D eigenvalue weighted by atomic mass is 32.2. The van der Waals surface area contributed by atoms with Gasteiger partial charge in [-0.2, -0.15) is 11.8 Å². The second-order valence-electron chi connectivity index (χ2n) is 4.26. The normalized spacial score (nSPS) is 12.1. The Bertz CT molecular complexity index is 516. The number of aliphatic carboxylic acids is 1. The van der Waals surface area contributed by atoms with Crippen LogP contribution in [0.1, 0.15) is 12.0 Å². The fourth-order valence-corrected chi connectivity index (χ4v) is 2.15. The van der Waals surface area contributed by atoms with Crippen molar-refractivity contribution >= 4 is 29.7 Å². The van der Waals surface area contributed by atoms with Crippen LogP contribution in [-0.4, -0.2) is 42.1 Å². The molecule has 0 radical (unpaired) electrons. The molecule has 5 nitrogen and oxygen atoms in total. The van der Waals surface area contributed by atoms with E-state index in [0.29, 0.717) is 17.9 Å². The van der Waals surface area contributed by atoms with Gasteiger partial charge in [-0.25, -0.2) is 4.79 Å². The minimum absolute atomic E-state index is 0.394. The Kier molecular flexibility index (Phi) is 7.39. The Morgan fingerprint density at radius 2 is 2.14 bits per heavy atom. The van der Waals surface area contributed by atoms with Crippen molar-refractivity contribution in [1.29, 1.82) is 0 Å². The van der Waals surface area contributed by atoms with E-state index in [1.807, 2.05) is 24.5 Å². The van der Waals surface area contributed by atoms with Crippen molar-refractivity contribution in [3.63, 3.8) is 0 Å². The van der Waals surface area contributed by atoms with Gasteiger partial charge in [-0.1, -0.05) is 18.2 Å². The molecule has 0 saturated heterocycles. The second-order valence-corrected chi connectivity index (χ2v) is 5.24. The van der Waals surface area contributed by atoms with Gasteiger partial charge in [-0.15, -0.1) is 0 Å². The number of hydrogen-bond acceptors (Lipinski definition) is 4. The maximum Gasteiger partial charge on any atom is 0.326 e. The highest BCUT2D eigenvalue weighted by molar-refractivity contribution is 7.98. The molecule has 1 aromatic rings. The molecule has 0 bridgehead atoms. The number of carboxylic acids is 1. The van der Waals surface area contributed by atoms with Gasteiger partial charge in [-0.3, -0.25) is 4.79 Å². The topological polar surface area (TPSA) is 75.6 Å². The number of thioether (sulfide) groups is 1. The van der Waals surface area contributed by atoms with Crippen LogP contribution in [0.3, 0.4) is 0 Å². The highest BCUT2D eigenvalue weighted by Gasteiger charge is 2.17. The monoisotopic (exact) mass is 309 g/mol. The molecule has 0 aliphatic rings. The summed E-state index contributed by atoms with van der Waals surface area (Å²) in [6.45, 7) is 0. The third kappa shape index (κ3) is 5.91. The van der Waals surface area contributed by atoms with Crippen LogP contribution in [0, 0.1) is 0 Å². The SMILES string of the molecule is COc1ccccc1/C=C/C(=O)N[C@H](CCSC)C(=O)O. The number of hydrogen-bond donors (Lipinski definition) is 2. The van der Waals surface area contributed by atoms with Gasteiger partial charge >= 0.3 is 5.97 Å². The minimum atomic E-state index is -1.02. The molecular formula is C15H19NO4S. The molecule has 1 rings (SSSR count). The predicted molar refractivity (Wildman–Crippen MR) is 84.6 cm³/mol. The first kappa shape index (κ1) is 17.1. The molecule has 1 atom stereocenters. The van der Waals surface area contributed by atoms with E-state index in [-0.39, 0.29) is 0 Å². The van der Waals surface area contributed by atoms with E-state index in [4.69, 9.17) is 9.84 Å². The fourth-order valence-electron chi connectivity index (χ4n) is 1.68. The number of carboxylic acid groups (broad SMARTS) is 1. The van der Waals surface area contributed by atoms with Crippen LogP contribution in [-0.2, 0) is 9.59 Å². The molecule has 1 aromatic carbocycles. The molecule has 0 fully saturated rings. The quantitative estimate of drug-likeness (QED) is 0.719. The van der Waals surface area contributed by atoms with E-state index >= 15 is 0 Å². The molecule has 1 amide bonds. The molecule has 2 N–H and O–H groups in total. The van der Waals surface area contributed by atoms with Gasteiger partial charge in [0, 0.05) is 11.6 Å². The van der Waals surface area contributed by atoms with Gasteiger partial charge in [0.1, 0.15) is 11.8 Å². The lowest BCUT2D eigenvalue weighted by atomic mass is 10.2. The Morgan fingerprint density at radius 3 is 2.76 bits per heavy atom. The molecule has 0 aliphatic heterocycles. The Labute approximate surface area is 128 Å². The number of benzene rings is 1. The number of rotatable bonds is 8. The minimum Gasteiger partial charge on any atom is -0.496 e. The van der Waals surface area contributed by atoms with Crippen molar-refractivity contribution in [1.82, 2.24) is 5.32 Å². The molecule has 6 heteroatoms. The van der Waals surface area contributed by atoms with Crippen molar-refractivity contribution in [2.24, 2.45) is 0 Å². The fraction of sp³-hybridized carbons (Fsp3) is 0.333. The summed E-state index contributed by atoms with van der Waals surface area (Å²) in [5, 5.41) is 11.5. The van der Waals surface area contributed by atoms with Crippen molar-refractivity contribution < 1.29 is 19.4 Å². The Hall–Kier alpha value is -1.95. The third-order valence-electron chi connectivity index (χ3n) is 2.78. The lowest BCUT2D eigenvalue weighted by molar-refractivity contribution is -0.141.